The summed E-state index contributed by atoms with van der Waals surface area (Å²) >= 11 is 0. The molecule has 1 aliphatic rings. The monoisotopic (exact) mass is 283 g/mol. The highest BCUT2D eigenvalue weighted by molar-refractivity contribution is 5.94. The highest BCUT2D eigenvalue weighted by Gasteiger charge is 2.25. The molecule has 1 aromatic carbocycles. The Hall–Kier alpha value is -1.49. The standard InChI is InChI=1S/C15H19F2NO2/c16-12-6-3-7-13(17)14(12)15(20)18-8-10-4-1-2-5-11(10)9-19/h3,6-7,10-11,19H,1-2,4-5,8-9H2,(H,18,20). The van der Waals surface area contributed by atoms with Crippen LogP contribution in [0.4, 0.5) is 8.78 Å². The van der Waals surface area contributed by atoms with Crippen LogP contribution in [0, 0.1) is 23.5 Å². The second-order valence-electron chi connectivity index (χ2n) is 5.29. The number of hydrogen-bond acceptors (Lipinski definition) is 2. The van der Waals surface area contributed by atoms with Crippen molar-refractivity contribution in [3.8, 4) is 0 Å². The topological polar surface area (TPSA) is 49.3 Å². The molecule has 1 fully saturated rings. The van der Waals surface area contributed by atoms with Gasteiger partial charge < -0.3 is 10.4 Å². The number of rotatable bonds is 4. The Morgan fingerprint density at radius 3 is 2.40 bits per heavy atom. The normalized spacial score (nSPS) is 22.6. The first kappa shape index (κ1) is 14.9. The summed E-state index contributed by atoms with van der Waals surface area (Å²) in [6.45, 7) is 0.437. The van der Waals surface area contributed by atoms with Gasteiger partial charge in [0.05, 0.1) is 0 Å². The van der Waals surface area contributed by atoms with Gasteiger partial charge in [-0.25, -0.2) is 8.78 Å². The molecule has 2 rings (SSSR count). The minimum absolute atomic E-state index is 0.0919. The lowest BCUT2D eigenvalue weighted by molar-refractivity contribution is 0.0901. The Kier molecular flexibility index (Phi) is 5.06. The average Bonchev–Trinajstić information content (AvgIpc) is 2.45. The van der Waals surface area contributed by atoms with Crippen molar-refractivity contribution in [2.45, 2.75) is 25.7 Å². The molecule has 1 aromatic rings. The molecule has 0 bridgehead atoms. The molecule has 5 heteroatoms. The number of hydrogen-bond donors (Lipinski definition) is 2. The zero-order valence-electron chi connectivity index (χ0n) is 11.2. The van der Waals surface area contributed by atoms with Crippen molar-refractivity contribution in [1.29, 1.82) is 0 Å². The average molecular weight is 283 g/mol. The summed E-state index contributed by atoms with van der Waals surface area (Å²) in [7, 11) is 0. The van der Waals surface area contributed by atoms with Crippen molar-refractivity contribution in [2.75, 3.05) is 13.2 Å². The molecule has 0 spiro atoms. The van der Waals surface area contributed by atoms with Crippen LogP contribution in [0.5, 0.6) is 0 Å². The smallest absolute Gasteiger partial charge is 0.257 e. The van der Waals surface area contributed by atoms with E-state index in [1.165, 1.54) is 6.07 Å². The number of nitrogens with one attached hydrogen (secondary N) is 1. The first-order chi connectivity index (χ1) is 9.63. The van der Waals surface area contributed by atoms with Crippen LogP contribution in [-0.2, 0) is 0 Å². The fraction of sp³-hybridized carbons (Fsp3) is 0.533. The maximum absolute atomic E-state index is 13.5. The van der Waals surface area contributed by atoms with Gasteiger partial charge >= 0.3 is 0 Å². The molecule has 3 nitrogen and oxygen atoms in total. The number of halogens is 2. The summed E-state index contributed by atoms with van der Waals surface area (Å²) < 4.78 is 26.9. The predicted molar refractivity (Wildman–Crippen MR) is 71.2 cm³/mol. The van der Waals surface area contributed by atoms with E-state index in [2.05, 4.69) is 5.32 Å². The van der Waals surface area contributed by atoms with Crippen molar-refractivity contribution < 1.29 is 18.7 Å². The van der Waals surface area contributed by atoms with Crippen LogP contribution in [0.3, 0.4) is 0 Å². The van der Waals surface area contributed by atoms with Crippen molar-refractivity contribution in [2.24, 2.45) is 11.8 Å². The molecule has 2 atom stereocenters. The van der Waals surface area contributed by atoms with Crippen molar-refractivity contribution in [1.82, 2.24) is 5.32 Å². The highest BCUT2D eigenvalue weighted by Crippen LogP contribution is 2.29. The lowest BCUT2D eigenvalue weighted by Gasteiger charge is -2.30. The molecule has 1 aliphatic carbocycles. The largest absolute Gasteiger partial charge is 0.396 e. The van der Waals surface area contributed by atoms with E-state index < -0.39 is 23.1 Å². The summed E-state index contributed by atoms with van der Waals surface area (Å²) in [6.07, 6.45) is 4.00. The molecular formula is C15H19F2NO2. The van der Waals surface area contributed by atoms with Crippen LogP contribution in [0.25, 0.3) is 0 Å². The van der Waals surface area contributed by atoms with Crippen LogP contribution in [0.15, 0.2) is 18.2 Å². The van der Waals surface area contributed by atoms with E-state index >= 15 is 0 Å². The SMILES string of the molecule is O=C(NCC1CCCCC1CO)c1c(F)cccc1F. The van der Waals surface area contributed by atoms with E-state index in [1.54, 1.807) is 0 Å². The minimum Gasteiger partial charge on any atom is -0.396 e. The molecule has 2 unspecified atom stereocenters. The zero-order valence-corrected chi connectivity index (χ0v) is 11.2. The van der Waals surface area contributed by atoms with Crippen LogP contribution < -0.4 is 5.32 Å². The molecule has 20 heavy (non-hydrogen) atoms. The third kappa shape index (κ3) is 3.33. The number of carbonyl (C=O) groups excluding carboxylic acids is 1. The van der Waals surface area contributed by atoms with Gasteiger partial charge in [-0.2, -0.15) is 0 Å². The Morgan fingerprint density at radius 2 is 1.80 bits per heavy atom. The Labute approximate surface area is 117 Å². The molecule has 1 saturated carbocycles. The summed E-state index contributed by atoms with van der Waals surface area (Å²) in [6, 6.07) is 3.36. The fourth-order valence-electron chi connectivity index (χ4n) is 2.82. The van der Waals surface area contributed by atoms with Gasteiger partial charge in [-0.1, -0.05) is 18.9 Å². The molecule has 110 valence electrons. The third-order valence-electron chi connectivity index (χ3n) is 4.02. The van der Waals surface area contributed by atoms with Gasteiger partial charge in [0.25, 0.3) is 5.91 Å². The quantitative estimate of drug-likeness (QED) is 0.892. The van der Waals surface area contributed by atoms with Gasteiger partial charge in [-0.15, -0.1) is 0 Å². The van der Waals surface area contributed by atoms with Gasteiger partial charge in [0.1, 0.15) is 17.2 Å². The molecule has 0 heterocycles. The van der Waals surface area contributed by atoms with E-state index in [-0.39, 0.29) is 18.4 Å². The van der Waals surface area contributed by atoms with E-state index in [0.29, 0.717) is 6.54 Å². The van der Waals surface area contributed by atoms with Crippen molar-refractivity contribution >= 4 is 5.91 Å². The Morgan fingerprint density at radius 1 is 1.20 bits per heavy atom. The number of aliphatic hydroxyl groups is 1. The van der Waals surface area contributed by atoms with Crippen LogP contribution >= 0.6 is 0 Å². The molecule has 0 radical (unpaired) electrons. The van der Waals surface area contributed by atoms with Crippen molar-refractivity contribution in [3.63, 3.8) is 0 Å². The first-order valence-corrected chi connectivity index (χ1v) is 6.96. The van der Waals surface area contributed by atoms with Crippen LogP contribution in [0.2, 0.25) is 0 Å². The number of carbonyl (C=O) groups is 1. The summed E-state index contributed by atoms with van der Waals surface area (Å²) in [5.74, 6) is -2.11. The molecule has 0 saturated heterocycles. The molecule has 2 N–H and O–H groups in total. The molecule has 0 aliphatic heterocycles. The number of aliphatic hydroxyl groups excluding tert-OH is 1. The second kappa shape index (κ2) is 6.79. The maximum Gasteiger partial charge on any atom is 0.257 e. The van der Waals surface area contributed by atoms with Gasteiger partial charge in [0.2, 0.25) is 0 Å². The van der Waals surface area contributed by atoms with E-state index in [1.807, 2.05) is 0 Å². The first-order valence-electron chi connectivity index (χ1n) is 6.96. The minimum atomic E-state index is -0.857. The fourth-order valence-corrected chi connectivity index (χ4v) is 2.82. The van der Waals surface area contributed by atoms with E-state index in [4.69, 9.17) is 0 Å². The van der Waals surface area contributed by atoms with Gasteiger partial charge in [-0.3, -0.25) is 4.79 Å². The summed E-state index contributed by atoms with van der Waals surface area (Å²) in [4.78, 5) is 11.9. The van der Waals surface area contributed by atoms with Crippen LogP contribution in [-0.4, -0.2) is 24.2 Å². The summed E-state index contributed by atoms with van der Waals surface area (Å²) in [5, 5.41) is 11.9. The number of amides is 1. The van der Waals surface area contributed by atoms with E-state index in [9.17, 15) is 18.7 Å². The van der Waals surface area contributed by atoms with Crippen LogP contribution in [0.1, 0.15) is 36.0 Å². The van der Waals surface area contributed by atoms with Gasteiger partial charge in [-0.05, 0) is 36.8 Å². The number of benzene rings is 1. The zero-order chi connectivity index (χ0) is 14.5. The Bertz CT molecular complexity index is 459. The molecular weight excluding hydrogens is 264 g/mol. The van der Waals surface area contributed by atoms with Crippen molar-refractivity contribution in [3.05, 3.63) is 35.4 Å². The predicted octanol–water partition coefficient (Wildman–Crippen LogP) is 2.49. The highest BCUT2D eigenvalue weighted by atomic mass is 19.1. The van der Waals surface area contributed by atoms with Gasteiger partial charge in [0.15, 0.2) is 0 Å². The van der Waals surface area contributed by atoms with E-state index in [0.717, 1.165) is 37.8 Å². The lowest BCUT2D eigenvalue weighted by Crippen LogP contribution is -2.36. The summed E-state index contributed by atoms with van der Waals surface area (Å²) in [5.41, 5.74) is -0.538. The van der Waals surface area contributed by atoms with Gasteiger partial charge in [0, 0.05) is 13.2 Å². The maximum atomic E-state index is 13.5. The third-order valence-corrected chi connectivity index (χ3v) is 4.02. The molecule has 1 amide bonds. The second-order valence-corrected chi connectivity index (χ2v) is 5.29. The molecule has 0 aromatic heterocycles. The Balaban J connectivity index is 1.98. The lowest BCUT2D eigenvalue weighted by atomic mass is 9.79.